The maximum atomic E-state index is 12.5. The molecular formula is C21H22N2O3. The van der Waals surface area contributed by atoms with Gasteiger partial charge in [-0.15, -0.1) is 6.58 Å². The van der Waals surface area contributed by atoms with Gasteiger partial charge in [0, 0.05) is 25.2 Å². The standard InChI is InChI=1S/C21H22N2O3/c1-2-12-23(14-16-6-4-3-5-7-16)21(25)15-26-18-9-10-19-17(13-18)8-11-20(24)22-19/h2-7,9-10,13H,1,8,11-12,14-15H2,(H,22,24). The molecule has 3 rings (SSSR count). The molecule has 2 aromatic rings. The topological polar surface area (TPSA) is 58.6 Å². The largest absolute Gasteiger partial charge is 0.484 e. The zero-order chi connectivity index (χ0) is 18.4. The first-order valence-corrected chi connectivity index (χ1v) is 8.64. The lowest BCUT2D eigenvalue weighted by Gasteiger charge is -2.22. The van der Waals surface area contributed by atoms with Crippen LogP contribution in [0.2, 0.25) is 0 Å². The molecule has 0 radical (unpaired) electrons. The van der Waals surface area contributed by atoms with Gasteiger partial charge in [0.15, 0.2) is 6.61 Å². The van der Waals surface area contributed by atoms with E-state index in [1.165, 1.54) is 0 Å². The first-order chi connectivity index (χ1) is 12.7. The van der Waals surface area contributed by atoms with Gasteiger partial charge in [-0.25, -0.2) is 0 Å². The lowest BCUT2D eigenvalue weighted by Crippen LogP contribution is -2.34. The van der Waals surface area contributed by atoms with Crippen LogP contribution in [0.3, 0.4) is 0 Å². The Labute approximate surface area is 153 Å². The summed E-state index contributed by atoms with van der Waals surface area (Å²) in [6, 6.07) is 15.3. The van der Waals surface area contributed by atoms with Crippen LogP contribution >= 0.6 is 0 Å². The van der Waals surface area contributed by atoms with Crippen molar-refractivity contribution in [3.05, 3.63) is 72.3 Å². The van der Waals surface area contributed by atoms with Crippen molar-refractivity contribution in [1.29, 1.82) is 0 Å². The van der Waals surface area contributed by atoms with Crippen LogP contribution in [0.1, 0.15) is 17.5 Å². The molecule has 1 aliphatic rings. The molecule has 0 atom stereocenters. The molecule has 5 heteroatoms. The zero-order valence-corrected chi connectivity index (χ0v) is 14.6. The summed E-state index contributed by atoms with van der Waals surface area (Å²) >= 11 is 0. The Balaban J connectivity index is 1.61. The fourth-order valence-electron chi connectivity index (χ4n) is 2.90. The van der Waals surface area contributed by atoms with E-state index in [9.17, 15) is 9.59 Å². The van der Waals surface area contributed by atoms with E-state index >= 15 is 0 Å². The Morgan fingerprint density at radius 2 is 2.00 bits per heavy atom. The molecule has 1 aliphatic heterocycles. The maximum Gasteiger partial charge on any atom is 0.261 e. The summed E-state index contributed by atoms with van der Waals surface area (Å²) in [6.07, 6.45) is 2.87. The third kappa shape index (κ3) is 4.51. The van der Waals surface area contributed by atoms with E-state index in [0.717, 1.165) is 16.8 Å². The molecule has 2 aromatic carbocycles. The van der Waals surface area contributed by atoms with E-state index in [0.29, 0.717) is 31.7 Å². The minimum absolute atomic E-state index is 0.0299. The second-order valence-corrected chi connectivity index (χ2v) is 6.20. The molecule has 5 nitrogen and oxygen atoms in total. The number of carbonyl (C=O) groups is 2. The van der Waals surface area contributed by atoms with Crippen LogP contribution in [0, 0.1) is 0 Å². The number of hydrogen-bond acceptors (Lipinski definition) is 3. The molecule has 0 spiro atoms. The third-order valence-electron chi connectivity index (χ3n) is 4.25. The van der Waals surface area contributed by atoms with Crippen LogP contribution in [-0.4, -0.2) is 29.9 Å². The monoisotopic (exact) mass is 350 g/mol. The van der Waals surface area contributed by atoms with Gasteiger partial charge in [-0.3, -0.25) is 9.59 Å². The van der Waals surface area contributed by atoms with Crippen LogP contribution in [-0.2, 0) is 22.6 Å². The van der Waals surface area contributed by atoms with Gasteiger partial charge in [-0.2, -0.15) is 0 Å². The summed E-state index contributed by atoms with van der Waals surface area (Å²) < 4.78 is 5.69. The van der Waals surface area contributed by atoms with Crippen molar-refractivity contribution in [1.82, 2.24) is 4.90 Å². The predicted octanol–water partition coefficient (Wildman–Crippen LogP) is 3.16. The number of amides is 2. The molecule has 0 aliphatic carbocycles. The predicted molar refractivity (Wildman–Crippen MR) is 101 cm³/mol. The maximum absolute atomic E-state index is 12.5. The van der Waals surface area contributed by atoms with Gasteiger partial charge in [0.25, 0.3) is 5.91 Å². The second-order valence-electron chi connectivity index (χ2n) is 6.20. The summed E-state index contributed by atoms with van der Waals surface area (Å²) in [7, 11) is 0. The summed E-state index contributed by atoms with van der Waals surface area (Å²) in [6.45, 7) is 4.68. The summed E-state index contributed by atoms with van der Waals surface area (Å²) in [5.41, 5.74) is 2.91. The number of anilines is 1. The fraction of sp³-hybridized carbons (Fsp3) is 0.238. The quantitative estimate of drug-likeness (QED) is 0.781. The highest BCUT2D eigenvalue weighted by Gasteiger charge is 2.17. The van der Waals surface area contributed by atoms with Gasteiger partial charge in [-0.1, -0.05) is 36.4 Å². The van der Waals surface area contributed by atoms with E-state index in [2.05, 4.69) is 11.9 Å². The summed E-state index contributed by atoms with van der Waals surface area (Å²) in [5, 5.41) is 2.83. The number of aryl methyl sites for hydroxylation is 1. The minimum atomic E-state index is -0.0974. The fourth-order valence-corrected chi connectivity index (χ4v) is 2.90. The van der Waals surface area contributed by atoms with Crippen LogP contribution in [0.15, 0.2) is 61.2 Å². The molecule has 26 heavy (non-hydrogen) atoms. The highest BCUT2D eigenvalue weighted by molar-refractivity contribution is 5.94. The second kappa shape index (κ2) is 8.34. The van der Waals surface area contributed by atoms with E-state index in [-0.39, 0.29) is 18.4 Å². The van der Waals surface area contributed by atoms with Crippen LogP contribution in [0.25, 0.3) is 0 Å². The molecule has 134 valence electrons. The Hall–Kier alpha value is -3.08. The number of nitrogens with one attached hydrogen (secondary N) is 1. The molecular weight excluding hydrogens is 328 g/mol. The van der Waals surface area contributed by atoms with Crippen LogP contribution in [0.5, 0.6) is 5.75 Å². The first kappa shape index (κ1) is 17.7. The smallest absolute Gasteiger partial charge is 0.261 e. The molecule has 1 N–H and O–H groups in total. The van der Waals surface area contributed by atoms with Crippen molar-refractivity contribution in [2.75, 3.05) is 18.5 Å². The third-order valence-corrected chi connectivity index (χ3v) is 4.25. The Morgan fingerprint density at radius 3 is 2.77 bits per heavy atom. The van der Waals surface area contributed by atoms with Gasteiger partial charge in [-0.05, 0) is 35.7 Å². The van der Waals surface area contributed by atoms with Crippen molar-refractivity contribution in [3.63, 3.8) is 0 Å². The van der Waals surface area contributed by atoms with E-state index in [4.69, 9.17) is 4.74 Å². The highest BCUT2D eigenvalue weighted by Crippen LogP contribution is 2.26. The lowest BCUT2D eigenvalue weighted by atomic mass is 10.0. The van der Waals surface area contributed by atoms with Crippen molar-refractivity contribution in [3.8, 4) is 5.75 Å². The molecule has 0 bridgehead atoms. The van der Waals surface area contributed by atoms with Gasteiger partial charge in [0.2, 0.25) is 5.91 Å². The normalized spacial score (nSPS) is 12.7. The number of carbonyl (C=O) groups excluding carboxylic acids is 2. The number of rotatable bonds is 7. The number of ether oxygens (including phenoxy) is 1. The SMILES string of the molecule is C=CCN(Cc1ccccc1)C(=O)COc1ccc2c(c1)CCC(=O)N2. The molecule has 1 heterocycles. The van der Waals surface area contributed by atoms with E-state index < -0.39 is 0 Å². The average Bonchev–Trinajstić information content (AvgIpc) is 2.66. The highest BCUT2D eigenvalue weighted by atomic mass is 16.5. The molecule has 0 saturated carbocycles. The summed E-state index contributed by atoms with van der Waals surface area (Å²) in [4.78, 5) is 25.7. The van der Waals surface area contributed by atoms with Crippen LogP contribution < -0.4 is 10.1 Å². The molecule has 0 saturated heterocycles. The Morgan fingerprint density at radius 1 is 1.19 bits per heavy atom. The molecule has 0 fully saturated rings. The van der Waals surface area contributed by atoms with Gasteiger partial charge in [0.05, 0.1) is 0 Å². The van der Waals surface area contributed by atoms with Crippen LogP contribution in [0.4, 0.5) is 5.69 Å². The molecule has 0 unspecified atom stereocenters. The Kier molecular flexibility index (Phi) is 5.69. The van der Waals surface area contributed by atoms with Gasteiger partial charge in [0.1, 0.15) is 5.75 Å². The number of nitrogens with zero attached hydrogens (tertiary/aromatic N) is 1. The van der Waals surface area contributed by atoms with Crippen molar-refractivity contribution in [2.45, 2.75) is 19.4 Å². The number of benzene rings is 2. The van der Waals surface area contributed by atoms with E-state index in [1.54, 1.807) is 17.0 Å². The lowest BCUT2D eigenvalue weighted by molar-refractivity contribution is -0.133. The summed E-state index contributed by atoms with van der Waals surface area (Å²) in [5.74, 6) is 0.564. The molecule has 0 aromatic heterocycles. The molecule has 2 amide bonds. The van der Waals surface area contributed by atoms with E-state index in [1.807, 2.05) is 42.5 Å². The minimum Gasteiger partial charge on any atom is -0.484 e. The Bertz CT molecular complexity index is 802. The van der Waals surface area contributed by atoms with Crippen molar-refractivity contribution in [2.24, 2.45) is 0 Å². The first-order valence-electron chi connectivity index (χ1n) is 8.64. The average molecular weight is 350 g/mol. The zero-order valence-electron chi connectivity index (χ0n) is 14.6. The van der Waals surface area contributed by atoms with Gasteiger partial charge < -0.3 is 15.0 Å². The van der Waals surface area contributed by atoms with Crippen molar-refractivity contribution < 1.29 is 14.3 Å². The van der Waals surface area contributed by atoms with Gasteiger partial charge >= 0.3 is 0 Å². The number of fused-ring (bicyclic) bond motifs is 1. The van der Waals surface area contributed by atoms with Crippen molar-refractivity contribution >= 4 is 17.5 Å². The number of hydrogen-bond donors (Lipinski definition) is 1.